The topological polar surface area (TPSA) is 77.4 Å². The predicted octanol–water partition coefficient (Wildman–Crippen LogP) is -0.517. The SMILES string of the molecule is CC1(C)C(CC(=O)O)C1C(=O)[O-]. The summed E-state index contributed by atoms with van der Waals surface area (Å²) in [6.45, 7) is 3.50. The van der Waals surface area contributed by atoms with E-state index in [0.29, 0.717) is 0 Å². The highest BCUT2D eigenvalue weighted by atomic mass is 16.4. The van der Waals surface area contributed by atoms with Gasteiger partial charge in [-0.25, -0.2) is 0 Å². The molecular weight excluding hydrogens is 160 g/mol. The Morgan fingerprint density at radius 2 is 2.00 bits per heavy atom. The van der Waals surface area contributed by atoms with Crippen molar-refractivity contribution in [2.24, 2.45) is 17.3 Å². The minimum Gasteiger partial charge on any atom is -0.550 e. The second-order valence-electron chi connectivity index (χ2n) is 3.82. The van der Waals surface area contributed by atoms with Crippen molar-refractivity contribution in [3.8, 4) is 0 Å². The molecule has 0 amide bonds. The first-order valence-electron chi connectivity index (χ1n) is 3.80. The monoisotopic (exact) mass is 171 g/mol. The van der Waals surface area contributed by atoms with E-state index in [2.05, 4.69) is 0 Å². The molecule has 0 aromatic heterocycles. The Hall–Kier alpha value is -1.06. The largest absolute Gasteiger partial charge is 0.550 e. The Morgan fingerprint density at radius 3 is 2.25 bits per heavy atom. The minimum atomic E-state index is -1.13. The van der Waals surface area contributed by atoms with Gasteiger partial charge in [0.2, 0.25) is 0 Å². The van der Waals surface area contributed by atoms with Crippen molar-refractivity contribution in [1.82, 2.24) is 0 Å². The smallest absolute Gasteiger partial charge is 0.303 e. The predicted molar refractivity (Wildman–Crippen MR) is 38.0 cm³/mol. The Bertz CT molecular complexity index is 231. The number of carboxylic acid groups (broad SMARTS) is 2. The van der Waals surface area contributed by atoms with Crippen LogP contribution in [0.3, 0.4) is 0 Å². The van der Waals surface area contributed by atoms with Crippen LogP contribution in [0.5, 0.6) is 0 Å². The van der Waals surface area contributed by atoms with Gasteiger partial charge >= 0.3 is 5.97 Å². The molecule has 1 rings (SSSR count). The summed E-state index contributed by atoms with van der Waals surface area (Å²) in [4.78, 5) is 20.8. The molecule has 1 aliphatic rings. The molecular formula is C8H11O4-. The summed E-state index contributed by atoms with van der Waals surface area (Å²) in [5.41, 5.74) is -0.406. The number of carbonyl (C=O) groups excluding carboxylic acids is 1. The molecule has 0 aromatic rings. The highest BCUT2D eigenvalue weighted by Crippen LogP contribution is 2.59. The molecule has 4 nitrogen and oxygen atoms in total. The summed E-state index contributed by atoms with van der Waals surface area (Å²) in [5, 5.41) is 18.9. The first kappa shape index (κ1) is 9.03. The van der Waals surface area contributed by atoms with Gasteiger partial charge in [0.15, 0.2) is 0 Å². The summed E-state index contributed by atoms with van der Waals surface area (Å²) in [6.07, 6.45) is -0.0777. The fourth-order valence-corrected chi connectivity index (χ4v) is 1.78. The molecule has 0 radical (unpaired) electrons. The Morgan fingerprint density at radius 1 is 1.50 bits per heavy atom. The first-order valence-corrected chi connectivity index (χ1v) is 3.80. The molecule has 0 spiro atoms. The quantitative estimate of drug-likeness (QED) is 0.620. The maximum atomic E-state index is 10.5. The lowest BCUT2D eigenvalue weighted by molar-refractivity contribution is -0.309. The molecule has 12 heavy (non-hydrogen) atoms. The lowest BCUT2D eigenvalue weighted by atomic mass is 10.1. The van der Waals surface area contributed by atoms with E-state index in [4.69, 9.17) is 5.11 Å². The molecule has 0 aliphatic heterocycles. The van der Waals surface area contributed by atoms with Crippen LogP contribution in [0.2, 0.25) is 0 Å². The van der Waals surface area contributed by atoms with Crippen molar-refractivity contribution in [3.05, 3.63) is 0 Å². The van der Waals surface area contributed by atoms with E-state index in [9.17, 15) is 14.7 Å². The third-order valence-corrected chi connectivity index (χ3v) is 2.70. The number of hydrogen-bond donors (Lipinski definition) is 1. The summed E-state index contributed by atoms with van der Waals surface area (Å²) in [5.74, 6) is -2.93. The standard InChI is InChI=1S/C8H12O4/c1-8(2)4(3-5(9)10)6(8)7(11)12/h4,6H,3H2,1-2H3,(H,9,10)(H,11,12)/p-1. The minimum absolute atomic E-state index is 0.0777. The van der Waals surface area contributed by atoms with Crippen molar-refractivity contribution < 1.29 is 19.8 Å². The third kappa shape index (κ3) is 1.29. The average molecular weight is 171 g/mol. The molecule has 68 valence electrons. The van der Waals surface area contributed by atoms with Gasteiger partial charge in [-0.05, 0) is 11.3 Å². The highest BCUT2D eigenvalue weighted by molar-refractivity contribution is 5.76. The van der Waals surface area contributed by atoms with Crippen LogP contribution in [-0.2, 0) is 9.59 Å². The zero-order valence-electron chi connectivity index (χ0n) is 7.03. The lowest BCUT2D eigenvalue weighted by Gasteiger charge is -2.01. The lowest BCUT2D eigenvalue weighted by Crippen LogP contribution is -2.26. The van der Waals surface area contributed by atoms with Crippen molar-refractivity contribution in [2.45, 2.75) is 20.3 Å². The van der Waals surface area contributed by atoms with E-state index >= 15 is 0 Å². The normalized spacial score (nSPS) is 31.2. The summed E-state index contributed by atoms with van der Waals surface area (Å²) < 4.78 is 0. The van der Waals surface area contributed by atoms with Gasteiger partial charge in [-0.1, -0.05) is 13.8 Å². The van der Waals surface area contributed by atoms with E-state index in [1.54, 1.807) is 13.8 Å². The summed E-state index contributed by atoms with van der Waals surface area (Å²) in [7, 11) is 0. The second kappa shape index (κ2) is 2.47. The third-order valence-electron chi connectivity index (χ3n) is 2.70. The molecule has 4 heteroatoms. The van der Waals surface area contributed by atoms with Crippen molar-refractivity contribution in [1.29, 1.82) is 0 Å². The van der Waals surface area contributed by atoms with Gasteiger partial charge < -0.3 is 15.0 Å². The molecule has 0 bridgehead atoms. The molecule has 2 atom stereocenters. The van der Waals surface area contributed by atoms with Gasteiger partial charge in [0.1, 0.15) is 0 Å². The molecule has 1 aliphatic carbocycles. The fraction of sp³-hybridized carbons (Fsp3) is 0.750. The second-order valence-corrected chi connectivity index (χ2v) is 3.82. The van der Waals surface area contributed by atoms with Gasteiger partial charge in [0.25, 0.3) is 0 Å². The molecule has 0 aromatic carbocycles. The number of carbonyl (C=O) groups is 2. The van der Waals surface area contributed by atoms with Gasteiger partial charge in [0.05, 0.1) is 0 Å². The number of hydrogen-bond acceptors (Lipinski definition) is 3. The van der Waals surface area contributed by atoms with Crippen LogP contribution in [0.25, 0.3) is 0 Å². The zero-order valence-corrected chi connectivity index (χ0v) is 7.03. The van der Waals surface area contributed by atoms with Crippen LogP contribution in [0.4, 0.5) is 0 Å². The van der Waals surface area contributed by atoms with Crippen LogP contribution >= 0.6 is 0 Å². The zero-order chi connectivity index (χ0) is 9.52. The molecule has 1 fully saturated rings. The molecule has 1 N–H and O–H groups in total. The van der Waals surface area contributed by atoms with Gasteiger partial charge in [-0.15, -0.1) is 0 Å². The Balaban J connectivity index is 2.60. The van der Waals surface area contributed by atoms with Crippen molar-refractivity contribution in [2.75, 3.05) is 0 Å². The van der Waals surface area contributed by atoms with E-state index < -0.39 is 23.3 Å². The maximum absolute atomic E-state index is 10.5. The van der Waals surface area contributed by atoms with Gasteiger partial charge in [-0.3, -0.25) is 4.79 Å². The fourth-order valence-electron chi connectivity index (χ4n) is 1.78. The van der Waals surface area contributed by atoms with E-state index in [1.807, 2.05) is 0 Å². The van der Waals surface area contributed by atoms with E-state index in [-0.39, 0.29) is 12.3 Å². The summed E-state index contributed by atoms with van der Waals surface area (Å²) >= 11 is 0. The van der Waals surface area contributed by atoms with Crippen LogP contribution in [-0.4, -0.2) is 17.0 Å². The first-order chi connectivity index (χ1) is 5.37. The average Bonchev–Trinajstić information content (AvgIpc) is 2.32. The molecule has 2 unspecified atom stereocenters. The van der Waals surface area contributed by atoms with Gasteiger partial charge in [0, 0.05) is 18.3 Å². The number of rotatable bonds is 3. The number of carboxylic acids is 2. The van der Waals surface area contributed by atoms with Crippen LogP contribution in [0.1, 0.15) is 20.3 Å². The van der Waals surface area contributed by atoms with Gasteiger partial charge in [-0.2, -0.15) is 0 Å². The van der Waals surface area contributed by atoms with Crippen LogP contribution < -0.4 is 5.11 Å². The van der Waals surface area contributed by atoms with Crippen LogP contribution in [0, 0.1) is 17.3 Å². The molecule has 0 heterocycles. The highest BCUT2D eigenvalue weighted by Gasteiger charge is 2.58. The summed E-state index contributed by atoms with van der Waals surface area (Å²) in [6, 6.07) is 0. The number of aliphatic carboxylic acids is 2. The van der Waals surface area contributed by atoms with E-state index in [1.165, 1.54) is 0 Å². The molecule has 1 saturated carbocycles. The molecule has 0 saturated heterocycles. The van der Waals surface area contributed by atoms with Crippen molar-refractivity contribution >= 4 is 11.9 Å². The van der Waals surface area contributed by atoms with E-state index in [0.717, 1.165) is 0 Å². The Labute approximate surface area is 70.2 Å². The maximum Gasteiger partial charge on any atom is 0.303 e. The van der Waals surface area contributed by atoms with Crippen LogP contribution in [0.15, 0.2) is 0 Å². The Kier molecular flexibility index (Phi) is 1.86. The van der Waals surface area contributed by atoms with Crippen molar-refractivity contribution in [3.63, 3.8) is 0 Å².